The number of hydrogen-bond donors (Lipinski definition) is 1. The summed E-state index contributed by atoms with van der Waals surface area (Å²) < 4.78 is 21.6. The maximum atomic E-state index is 14.2. The van der Waals surface area contributed by atoms with E-state index in [1.807, 2.05) is 12.1 Å². The van der Waals surface area contributed by atoms with Crippen molar-refractivity contribution in [1.29, 1.82) is 0 Å². The van der Waals surface area contributed by atoms with Crippen molar-refractivity contribution >= 4 is 38.6 Å². The molecule has 2 aliphatic rings. The van der Waals surface area contributed by atoms with Crippen LogP contribution in [0.4, 0.5) is 10.1 Å². The second-order valence-electron chi connectivity index (χ2n) is 10.3. The first kappa shape index (κ1) is 27.3. The number of halogens is 2. The van der Waals surface area contributed by atoms with Gasteiger partial charge in [-0.3, -0.25) is 14.1 Å². The monoisotopic (exact) mass is 628 g/mol. The Labute approximate surface area is 243 Å². The average molecular weight is 630 g/mol. The molecule has 6 rings (SSSR count). The number of benzene rings is 1. The molecule has 4 aromatic rings. The smallest absolute Gasteiger partial charge is 0.300 e. The lowest BCUT2D eigenvalue weighted by Crippen LogP contribution is -2.44. The molecule has 1 aromatic carbocycles. The Hall–Kier alpha value is -2.90. The fourth-order valence-corrected chi connectivity index (χ4v) is 6.61. The molecule has 0 saturated carbocycles. The van der Waals surface area contributed by atoms with E-state index in [9.17, 15) is 14.3 Å². The van der Waals surface area contributed by atoms with Crippen LogP contribution >= 0.6 is 27.3 Å². The number of piperazine rings is 1. The van der Waals surface area contributed by atoms with Crippen LogP contribution in [0.25, 0.3) is 16.3 Å². The van der Waals surface area contributed by atoms with E-state index in [4.69, 9.17) is 4.74 Å². The van der Waals surface area contributed by atoms with Gasteiger partial charge in [0.25, 0.3) is 0 Å². The lowest BCUT2D eigenvalue weighted by atomic mass is 10.0. The third-order valence-electron chi connectivity index (χ3n) is 7.50. The molecule has 9 nitrogen and oxygen atoms in total. The van der Waals surface area contributed by atoms with Gasteiger partial charge in [-0.1, -0.05) is 6.07 Å². The van der Waals surface area contributed by atoms with Gasteiger partial charge in [0, 0.05) is 69.5 Å². The van der Waals surface area contributed by atoms with Crippen molar-refractivity contribution in [2.24, 2.45) is 0 Å². The summed E-state index contributed by atoms with van der Waals surface area (Å²) in [5.74, 6) is -0.687. The van der Waals surface area contributed by atoms with Gasteiger partial charge in [0.2, 0.25) is 5.75 Å². The first-order valence-corrected chi connectivity index (χ1v) is 14.9. The van der Waals surface area contributed by atoms with Gasteiger partial charge >= 0.3 is 5.56 Å². The molecule has 0 bridgehead atoms. The first-order chi connectivity index (χ1) is 19.4. The standard InChI is InChI=1S/C28H30BrFN6O3S/c1-33-4-6-34(7-5-33)16-19-12-20(30)3-2-18(19)13-22-15-31-27(40-22)24-25(37)28(38)36-17-21(14-23(29)26(36)32-24)35-8-10-39-11-9-35/h2-3,12,14-15,17,37H,4-11,13,16H2,1H3. The number of ether oxygens (including phenoxy) is 1. The zero-order valence-corrected chi connectivity index (χ0v) is 24.5. The highest BCUT2D eigenvalue weighted by atomic mass is 79.9. The van der Waals surface area contributed by atoms with Gasteiger partial charge in [0.05, 0.1) is 23.4 Å². The molecular weight excluding hydrogens is 599 g/mol. The molecule has 0 atom stereocenters. The van der Waals surface area contributed by atoms with Crippen LogP contribution in [-0.4, -0.2) is 88.8 Å². The molecule has 1 N–H and O–H groups in total. The summed E-state index contributed by atoms with van der Waals surface area (Å²) >= 11 is 4.94. The second-order valence-corrected chi connectivity index (χ2v) is 12.2. The van der Waals surface area contributed by atoms with E-state index in [-0.39, 0.29) is 11.5 Å². The fourth-order valence-electron chi connectivity index (χ4n) is 5.17. The van der Waals surface area contributed by atoms with Gasteiger partial charge in [0.15, 0.2) is 5.65 Å². The quantitative estimate of drug-likeness (QED) is 0.347. The Bertz CT molecular complexity index is 1600. The van der Waals surface area contributed by atoms with Gasteiger partial charge < -0.3 is 19.6 Å². The van der Waals surface area contributed by atoms with Crippen LogP contribution in [0.3, 0.4) is 0 Å². The molecule has 2 aliphatic heterocycles. The Balaban J connectivity index is 1.28. The highest BCUT2D eigenvalue weighted by Gasteiger charge is 2.21. The molecule has 0 radical (unpaired) electrons. The Morgan fingerprint density at radius 1 is 1.10 bits per heavy atom. The average Bonchev–Trinajstić information content (AvgIpc) is 3.42. The van der Waals surface area contributed by atoms with Gasteiger partial charge in [-0.05, 0) is 52.3 Å². The number of aromatic hydroxyl groups is 1. The lowest BCUT2D eigenvalue weighted by molar-refractivity contribution is 0.122. The predicted octanol–water partition coefficient (Wildman–Crippen LogP) is 3.60. The lowest BCUT2D eigenvalue weighted by Gasteiger charge is -2.32. The first-order valence-electron chi connectivity index (χ1n) is 13.3. The molecule has 0 spiro atoms. The van der Waals surface area contributed by atoms with Crippen molar-refractivity contribution in [2.75, 3.05) is 64.4 Å². The number of thiazole rings is 1. The molecule has 2 saturated heterocycles. The van der Waals surface area contributed by atoms with E-state index < -0.39 is 11.3 Å². The Morgan fingerprint density at radius 3 is 2.65 bits per heavy atom. The molecule has 2 fully saturated rings. The normalized spacial score (nSPS) is 17.1. The summed E-state index contributed by atoms with van der Waals surface area (Å²) in [6, 6.07) is 6.88. The maximum Gasteiger partial charge on any atom is 0.300 e. The van der Waals surface area contributed by atoms with E-state index >= 15 is 0 Å². The van der Waals surface area contributed by atoms with Crippen molar-refractivity contribution in [2.45, 2.75) is 13.0 Å². The molecule has 3 aromatic heterocycles. The van der Waals surface area contributed by atoms with Crippen LogP contribution in [-0.2, 0) is 17.7 Å². The SMILES string of the molecule is CN1CCN(Cc2cc(F)ccc2Cc2cnc(-c3nc4c(Br)cc(N5CCOCC5)cn4c(=O)c3O)s2)CC1. The molecular formula is C28H30BrFN6O3S. The van der Waals surface area contributed by atoms with Crippen LogP contribution in [0.15, 0.2) is 45.9 Å². The van der Waals surface area contributed by atoms with Crippen LogP contribution in [0, 0.1) is 5.82 Å². The second kappa shape index (κ2) is 11.5. The predicted molar refractivity (Wildman–Crippen MR) is 157 cm³/mol. The third-order valence-corrected chi connectivity index (χ3v) is 9.08. The van der Waals surface area contributed by atoms with Crippen molar-refractivity contribution in [3.05, 3.63) is 73.3 Å². The van der Waals surface area contributed by atoms with E-state index in [2.05, 4.69) is 47.6 Å². The Kier molecular flexibility index (Phi) is 7.87. The molecule has 5 heterocycles. The number of fused-ring (bicyclic) bond motifs is 1. The number of pyridine rings is 1. The van der Waals surface area contributed by atoms with Crippen molar-refractivity contribution in [1.82, 2.24) is 24.2 Å². The van der Waals surface area contributed by atoms with Crippen LogP contribution < -0.4 is 10.5 Å². The zero-order valence-electron chi connectivity index (χ0n) is 22.1. The highest BCUT2D eigenvalue weighted by Crippen LogP contribution is 2.33. The summed E-state index contributed by atoms with van der Waals surface area (Å²) in [6.45, 7) is 7.26. The molecule has 12 heteroatoms. The van der Waals surface area contributed by atoms with Crippen LogP contribution in [0.1, 0.15) is 16.0 Å². The molecule has 40 heavy (non-hydrogen) atoms. The molecule has 0 amide bonds. The van der Waals surface area contributed by atoms with Gasteiger partial charge in [0.1, 0.15) is 16.5 Å². The number of nitrogens with zero attached hydrogens (tertiary/aromatic N) is 6. The van der Waals surface area contributed by atoms with Crippen LogP contribution in [0.2, 0.25) is 0 Å². The minimum atomic E-state index is -0.555. The summed E-state index contributed by atoms with van der Waals surface area (Å²) in [7, 11) is 2.12. The Morgan fingerprint density at radius 2 is 1.88 bits per heavy atom. The molecule has 0 aliphatic carbocycles. The maximum absolute atomic E-state index is 14.2. The van der Waals surface area contributed by atoms with Gasteiger partial charge in [-0.2, -0.15) is 0 Å². The number of likely N-dealkylation sites (N-methyl/N-ethyl adjacent to an activating group) is 1. The highest BCUT2D eigenvalue weighted by molar-refractivity contribution is 9.10. The third kappa shape index (κ3) is 5.64. The topological polar surface area (TPSA) is 86.4 Å². The van der Waals surface area contributed by atoms with E-state index in [0.29, 0.717) is 41.3 Å². The summed E-state index contributed by atoms with van der Waals surface area (Å²) in [5, 5.41) is 11.3. The van der Waals surface area contributed by atoms with Crippen molar-refractivity contribution < 1.29 is 14.2 Å². The summed E-state index contributed by atoms with van der Waals surface area (Å²) in [4.78, 5) is 30.1. The van der Waals surface area contributed by atoms with E-state index in [0.717, 1.165) is 61.0 Å². The largest absolute Gasteiger partial charge is 0.501 e. The van der Waals surface area contributed by atoms with E-state index in [1.54, 1.807) is 18.5 Å². The number of aromatic nitrogens is 3. The number of anilines is 1. The van der Waals surface area contributed by atoms with Gasteiger partial charge in [-0.25, -0.2) is 14.4 Å². The minimum Gasteiger partial charge on any atom is -0.501 e. The fraction of sp³-hybridized carbons (Fsp3) is 0.393. The molecule has 210 valence electrons. The summed E-state index contributed by atoms with van der Waals surface area (Å²) in [5.41, 5.74) is 2.84. The van der Waals surface area contributed by atoms with Crippen molar-refractivity contribution in [3.63, 3.8) is 0 Å². The van der Waals surface area contributed by atoms with Crippen molar-refractivity contribution in [3.8, 4) is 16.5 Å². The van der Waals surface area contributed by atoms with Crippen LogP contribution in [0.5, 0.6) is 5.75 Å². The minimum absolute atomic E-state index is 0.151. The summed E-state index contributed by atoms with van der Waals surface area (Å²) in [6.07, 6.45) is 4.01. The zero-order chi connectivity index (χ0) is 27.8. The number of rotatable bonds is 6. The van der Waals surface area contributed by atoms with E-state index in [1.165, 1.54) is 21.8 Å². The van der Waals surface area contributed by atoms with Gasteiger partial charge in [-0.15, -0.1) is 11.3 Å². The molecule has 0 unspecified atom stereocenters. The number of hydrogen-bond acceptors (Lipinski definition) is 9. The number of morpholine rings is 1.